The number of nitrogens with zero attached hydrogens (tertiary/aromatic N) is 7. The summed E-state index contributed by atoms with van der Waals surface area (Å²) in [7, 11) is 1.76. The smallest absolute Gasteiger partial charge is 0.273 e. The van der Waals surface area contributed by atoms with Crippen molar-refractivity contribution in [2.75, 3.05) is 12.8 Å². The van der Waals surface area contributed by atoms with Crippen molar-refractivity contribution in [3.05, 3.63) is 59.2 Å². The van der Waals surface area contributed by atoms with E-state index in [0.29, 0.717) is 34.5 Å². The molecule has 9 nitrogen and oxygen atoms in total. The Balaban J connectivity index is 1.77. The molecule has 2 N–H and O–H groups in total. The minimum absolute atomic E-state index is 0.196. The fourth-order valence-corrected chi connectivity index (χ4v) is 3.51. The van der Waals surface area contributed by atoms with Crippen LogP contribution in [0, 0.1) is 13.8 Å². The van der Waals surface area contributed by atoms with Crippen molar-refractivity contribution in [2.45, 2.75) is 33.9 Å². The average Bonchev–Trinajstić information content (AvgIpc) is 3.11. The highest BCUT2D eigenvalue weighted by Crippen LogP contribution is 2.24. The number of nitrogens with two attached hydrogens (primary N) is 1. The van der Waals surface area contributed by atoms with Crippen LogP contribution < -0.4 is 5.73 Å². The van der Waals surface area contributed by atoms with Gasteiger partial charge in [-0.25, -0.2) is 9.97 Å². The topological polar surface area (TPSA) is 116 Å². The Bertz CT molecular complexity index is 1280. The van der Waals surface area contributed by atoms with Crippen molar-refractivity contribution in [2.24, 2.45) is 0 Å². The molecule has 0 saturated heterocycles. The standard InChI is InChI=1S/C22H24N8O/c1-5-30-14(3)16(11-25-30)12-29(4)22(31)20-17-8-13(2)6-7-18(17)26-21(27-20)15-9-19(23)28-24-10-15/h6-11H,5,12H2,1-4H3,(H2,23,28). The van der Waals surface area contributed by atoms with Gasteiger partial charge in [-0.15, -0.1) is 5.10 Å². The van der Waals surface area contributed by atoms with Crippen LogP contribution in [0.2, 0.25) is 0 Å². The molecule has 31 heavy (non-hydrogen) atoms. The van der Waals surface area contributed by atoms with Gasteiger partial charge in [0.05, 0.1) is 17.9 Å². The number of benzene rings is 1. The lowest BCUT2D eigenvalue weighted by atomic mass is 10.1. The first kappa shape index (κ1) is 20.4. The van der Waals surface area contributed by atoms with Crippen LogP contribution in [-0.2, 0) is 13.1 Å². The van der Waals surface area contributed by atoms with E-state index in [9.17, 15) is 4.79 Å². The lowest BCUT2D eigenvalue weighted by Gasteiger charge is -2.18. The van der Waals surface area contributed by atoms with Gasteiger partial charge in [0.1, 0.15) is 11.5 Å². The predicted octanol–water partition coefficient (Wildman–Crippen LogP) is 2.77. The van der Waals surface area contributed by atoms with Crippen LogP contribution in [0.5, 0.6) is 0 Å². The molecule has 4 aromatic rings. The average molecular weight is 416 g/mol. The molecule has 9 heteroatoms. The fourth-order valence-electron chi connectivity index (χ4n) is 3.51. The molecule has 3 aromatic heterocycles. The summed E-state index contributed by atoms with van der Waals surface area (Å²) >= 11 is 0. The summed E-state index contributed by atoms with van der Waals surface area (Å²) in [5.41, 5.74) is 10.5. The summed E-state index contributed by atoms with van der Waals surface area (Å²) in [4.78, 5) is 24.4. The van der Waals surface area contributed by atoms with Gasteiger partial charge >= 0.3 is 0 Å². The van der Waals surface area contributed by atoms with Gasteiger partial charge < -0.3 is 10.6 Å². The molecule has 0 spiro atoms. The third-order valence-corrected chi connectivity index (χ3v) is 5.24. The Morgan fingerprint density at radius 3 is 2.68 bits per heavy atom. The quantitative estimate of drug-likeness (QED) is 0.532. The maximum absolute atomic E-state index is 13.5. The van der Waals surface area contributed by atoms with Gasteiger partial charge in [-0.2, -0.15) is 10.2 Å². The number of aromatic nitrogens is 6. The normalized spacial score (nSPS) is 11.1. The van der Waals surface area contributed by atoms with Crippen molar-refractivity contribution in [1.82, 2.24) is 34.8 Å². The summed E-state index contributed by atoms with van der Waals surface area (Å²) in [5, 5.41) is 12.7. The van der Waals surface area contributed by atoms with Gasteiger partial charge in [0.2, 0.25) is 0 Å². The van der Waals surface area contributed by atoms with Gasteiger partial charge in [0, 0.05) is 42.3 Å². The number of hydrogen-bond acceptors (Lipinski definition) is 7. The van der Waals surface area contributed by atoms with Crippen LogP contribution in [0.3, 0.4) is 0 Å². The fraction of sp³-hybridized carbons (Fsp3) is 0.273. The summed E-state index contributed by atoms with van der Waals surface area (Å²) in [6.45, 7) is 7.23. The Morgan fingerprint density at radius 1 is 1.16 bits per heavy atom. The van der Waals surface area contributed by atoms with Crippen molar-refractivity contribution < 1.29 is 4.79 Å². The van der Waals surface area contributed by atoms with Crippen molar-refractivity contribution >= 4 is 22.6 Å². The number of fused-ring (bicyclic) bond motifs is 1. The zero-order chi connectivity index (χ0) is 22.1. The Morgan fingerprint density at radius 2 is 1.97 bits per heavy atom. The summed E-state index contributed by atoms with van der Waals surface area (Å²) in [6, 6.07) is 7.42. The lowest BCUT2D eigenvalue weighted by Crippen LogP contribution is -2.28. The number of rotatable bonds is 5. The van der Waals surface area contributed by atoms with E-state index in [-0.39, 0.29) is 11.7 Å². The van der Waals surface area contributed by atoms with E-state index in [1.165, 1.54) is 6.20 Å². The third-order valence-electron chi connectivity index (χ3n) is 5.24. The van der Waals surface area contributed by atoms with Gasteiger partial charge in [0.25, 0.3) is 5.91 Å². The van der Waals surface area contributed by atoms with E-state index in [1.54, 1.807) is 18.0 Å². The van der Waals surface area contributed by atoms with E-state index in [1.807, 2.05) is 49.8 Å². The first-order valence-electron chi connectivity index (χ1n) is 10.0. The van der Waals surface area contributed by atoms with Crippen molar-refractivity contribution in [1.29, 1.82) is 0 Å². The van der Waals surface area contributed by atoms with Crippen LogP contribution >= 0.6 is 0 Å². The first-order chi connectivity index (χ1) is 14.9. The third kappa shape index (κ3) is 3.94. The second-order valence-corrected chi connectivity index (χ2v) is 7.52. The maximum Gasteiger partial charge on any atom is 0.273 e. The largest absolute Gasteiger partial charge is 0.382 e. The Labute approximate surface area is 179 Å². The number of amides is 1. The molecule has 0 atom stereocenters. The molecule has 0 aliphatic rings. The van der Waals surface area contributed by atoms with E-state index < -0.39 is 0 Å². The van der Waals surface area contributed by atoms with Crippen LogP contribution in [-0.4, -0.2) is 47.8 Å². The number of anilines is 1. The molecule has 1 amide bonds. The Hall–Kier alpha value is -3.88. The zero-order valence-corrected chi connectivity index (χ0v) is 18.0. The second kappa shape index (κ2) is 8.10. The molecule has 0 saturated carbocycles. The molecule has 4 rings (SSSR count). The highest BCUT2D eigenvalue weighted by molar-refractivity contribution is 6.05. The monoisotopic (exact) mass is 416 g/mol. The number of nitrogen functional groups attached to an aromatic ring is 1. The van der Waals surface area contributed by atoms with Crippen LogP contribution in [0.25, 0.3) is 22.3 Å². The van der Waals surface area contributed by atoms with Crippen molar-refractivity contribution in [3.8, 4) is 11.4 Å². The van der Waals surface area contributed by atoms with E-state index in [0.717, 1.165) is 23.4 Å². The maximum atomic E-state index is 13.5. The molecule has 1 aromatic carbocycles. The summed E-state index contributed by atoms with van der Waals surface area (Å²) < 4.78 is 1.91. The molecule has 0 aliphatic carbocycles. The molecule has 0 aliphatic heterocycles. The molecule has 0 fully saturated rings. The number of carbonyl (C=O) groups excluding carboxylic acids is 1. The lowest BCUT2D eigenvalue weighted by molar-refractivity contribution is 0.0781. The van der Waals surface area contributed by atoms with Crippen LogP contribution in [0.4, 0.5) is 5.82 Å². The highest BCUT2D eigenvalue weighted by atomic mass is 16.2. The van der Waals surface area contributed by atoms with Crippen molar-refractivity contribution in [3.63, 3.8) is 0 Å². The van der Waals surface area contributed by atoms with Gasteiger partial charge in [-0.05, 0) is 39.0 Å². The predicted molar refractivity (Wildman–Crippen MR) is 118 cm³/mol. The van der Waals surface area contributed by atoms with E-state index in [4.69, 9.17) is 5.73 Å². The van der Waals surface area contributed by atoms with Gasteiger partial charge in [-0.3, -0.25) is 9.48 Å². The van der Waals surface area contributed by atoms with Gasteiger partial charge in [-0.1, -0.05) is 11.6 Å². The number of aryl methyl sites for hydroxylation is 2. The molecule has 3 heterocycles. The first-order valence-corrected chi connectivity index (χ1v) is 10.0. The second-order valence-electron chi connectivity index (χ2n) is 7.52. The minimum atomic E-state index is -0.196. The SMILES string of the molecule is CCn1ncc(CN(C)C(=O)c2nc(-c3cnnc(N)c3)nc3ccc(C)cc23)c1C. The van der Waals surface area contributed by atoms with Crippen LogP contribution in [0.15, 0.2) is 36.7 Å². The van der Waals surface area contributed by atoms with E-state index in [2.05, 4.69) is 25.3 Å². The van der Waals surface area contributed by atoms with Gasteiger partial charge in [0.15, 0.2) is 5.82 Å². The summed E-state index contributed by atoms with van der Waals surface area (Å²) in [5.74, 6) is 0.445. The molecule has 158 valence electrons. The summed E-state index contributed by atoms with van der Waals surface area (Å²) in [6.07, 6.45) is 3.34. The minimum Gasteiger partial charge on any atom is -0.382 e. The molecule has 0 radical (unpaired) electrons. The molecule has 0 bridgehead atoms. The Kier molecular flexibility index (Phi) is 5.33. The zero-order valence-electron chi connectivity index (χ0n) is 18.0. The molecule has 0 unspecified atom stereocenters. The van der Waals surface area contributed by atoms with Crippen LogP contribution in [0.1, 0.15) is 34.2 Å². The molecular weight excluding hydrogens is 392 g/mol. The number of carbonyl (C=O) groups is 1. The molecular formula is C22H24N8O. The van der Waals surface area contributed by atoms with E-state index >= 15 is 0 Å². The highest BCUT2D eigenvalue weighted by Gasteiger charge is 2.21. The number of hydrogen-bond donors (Lipinski definition) is 1.